The van der Waals surface area contributed by atoms with Gasteiger partial charge in [-0.25, -0.2) is 0 Å². The van der Waals surface area contributed by atoms with Crippen LogP contribution in [0.4, 0.5) is 0 Å². The van der Waals surface area contributed by atoms with E-state index in [0.717, 1.165) is 0 Å². The van der Waals surface area contributed by atoms with E-state index in [1.807, 2.05) is 0 Å². The Balaban J connectivity index is 0.00000220. The number of piperazine rings is 1. The number of aromatic hydroxyl groups is 1. The Labute approximate surface area is 129 Å². The van der Waals surface area contributed by atoms with Crippen LogP contribution in [0.5, 0.6) is 5.75 Å². The molecule has 0 saturated carbocycles. The fourth-order valence-electron chi connectivity index (χ4n) is 2.23. The molecule has 0 unspecified atom stereocenters. The van der Waals surface area contributed by atoms with Crippen molar-refractivity contribution in [1.29, 1.82) is 0 Å². The maximum atomic E-state index is 12.2. The van der Waals surface area contributed by atoms with Crippen molar-refractivity contribution in [3.8, 4) is 5.75 Å². The molecule has 0 radical (unpaired) electrons. The summed E-state index contributed by atoms with van der Waals surface area (Å²) in [5.41, 5.74) is 5.91. The summed E-state index contributed by atoms with van der Waals surface area (Å²) in [7, 11) is 0. The van der Waals surface area contributed by atoms with Crippen molar-refractivity contribution in [2.75, 3.05) is 32.7 Å². The normalized spacial score (nSPS) is 14.5. The predicted octanol–water partition coefficient (Wildman–Crippen LogP) is 0.447. The van der Waals surface area contributed by atoms with Crippen molar-refractivity contribution in [2.24, 2.45) is 5.73 Å². The van der Waals surface area contributed by atoms with Gasteiger partial charge in [0.2, 0.25) is 5.91 Å². The number of halogens is 1. The molecule has 0 aliphatic carbocycles. The number of nitrogens with two attached hydrogens (primary N) is 1. The summed E-state index contributed by atoms with van der Waals surface area (Å²) in [6.45, 7) is 2.49. The van der Waals surface area contributed by atoms with E-state index in [0.29, 0.717) is 44.7 Å². The van der Waals surface area contributed by atoms with E-state index in [-0.39, 0.29) is 30.0 Å². The number of benzene rings is 1. The second-order valence-electron chi connectivity index (χ2n) is 4.76. The van der Waals surface area contributed by atoms with Gasteiger partial charge in [0.15, 0.2) is 0 Å². The van der Waals surface area contributed by atoms with Crippen molar-refractivity contribution in [3.63, 3.8) is 0 Å². The molecule has 2 rings (SSSR count). The Morgan fingerprint density at radius 2 is 1.57 bits per heavy atom. The quantitative estimate of drug-likeness (QED) is 0.848. The Kier molecular flexibility index (Phi) is 6.45. The minimum absolute atomic E-state index is 0. The predicted molar refractivity (Wildman–Crippen MR) is 81.5 cm³/mol. The highest BCUT2D eigenvalue weighted by atomic mass is 35.5. The van der Waals surface area contributed by atoms with Crippen LogP contribution in [-0.4, -0.2) is 59.4 Å². The topological polar surface area (TPSA) is 86.9 Å². The lowest BCUT2D eigenvalue weighted by Crippen LogP contribution is -2.50. The molecule has 7 heteroatoms. The van der Waals surface area contributed by atoms with Gasteiger partial charge in [-0.05, 0) is 24.3 Å². The Morgan fingerprint density at radius 3 is 2.10 bits per heavy atom. The van der Waals surface area contributed by atoms with Gasteiger partial charge in [-0.1, -0.05) is 0 Å². The highest BCUT2D eigenvalue weighted by Gasteiger charge is 2.24. The first-order valence-electron chi connectivity index (χ1n) is 6.68. The zero-order valence-corrected chi connectivity index (χ0v) is 12.5. The van der Waals surface area contributed by atoms with Crippen molar-refractivity contribution >= 4 is 24.2 Å². The molecule has 0 spiro atoms. The van der Waals surface area contributed by atoms with Crippen LogP contribution >= 0.6 is 12.4 Å². The van der Waals surface area contributed by atoms with Gasteiger partial charge >= 0.3 is 0 Å². The minimum atomic E-state index is -0.0732. The second kappa shape index (κ2) is 7.85. The molecule has 1 aliphatic rings. The number of hydrogen-bond donors (Lipinski definition) is 2. The van der Waals surface area contributed by atoms with E-state index in [9.17, 15) is 14.7 Å². The van der Waals surface area contributed by atoms with Gasteiger partial charge in [0.05, 0.1) is 0 Å². The molecule has 1 aromatic rings. The molecule has 3 N–H and O–H groups in total. The third-order valence-electron chi connectivity index (χ3n) is 3.39. The van der Waals surface area contributed by atoms with Gasteiger partial charge in [0, 0.05) is 44.7 Å². The number of hydrogen-bond acceptors (Lipinski definition) is 4. The van der Waals surface area contributed by atoms with E-state index < -0.39 is 0 Å². The first-order valence-corrected chi connectivity index (χ1v) is 6.68. The summed E-state index contributed by atoms with van der Waals surface area (Å²) in [5.74, 6) is 0.110. The first kappa shape index (κ1) is 17.3. The van der Waals surface area contributed by atoms with Crippen molar-refractivity contribution in [2.45, 2.75) is 6.42 Å². The number of phenolic OH excluding ortho intramolecular Hbond substituents is 1. The van der Waals surface area contributed by atoms with Crippen LogP contribution in [0.3, 0.4) is 0 Å². The highest BCUT2D eigenvalue weighted by molar-refractivity contribution is 5.94. The van der Waals surface area contributed by atoms with Crippen molar-refractivity contribution < 1.29 is 14.7 Å². The molecule has 1 saturated heterocycles. The highest BCUT2D eigenvalue weighted by Crippen LogP contribution is 2.13. The van der Waals surface area contributed by atoms with Crippen LogP contribution in [0.1, 0.15) is 16.8 Å². The summed E-state index contributed by atoms with van der Waals surface area (Å²) in [4.78, 5) is 27.4. The molecular formula is C14H20ClN3O3. The number of phenols is 1. The third-order valence-corrected chi connectivity index (χ3v) is 3.39. The molecule has 0 atom stereocenters. The van der Waals surface area contributed by atoms with E-state index in [4.69, 9.17) is 5.73 Å². The van der Waals surface area contributed by atoms with E-state index in [2.05, 4.69) is 0 Å². The second-order valence-corrected chi connectivity index (χ2v) is 4.76. The maximum Gasteiger partial charge on any atom is 0.253 e. The lowest BCUT2D eigenvalue weighted by atomic mass is 10.1. The number of carbonyl (C=O) groups is 2. The molecule has 0 bridgehead atoms. The molecule has 6 nitrogen and oxygen atoms in total. The standard InChI is InChI=1S/C14H19N3O3.ClH/c15-6-5-13(19)16-7-9-17(10-8-16)14(20)11-1-3-12(18)4-2-11;/h1-4,18H,5-10,15H2;1H. The fraction of sp³-hybridized carbons (Fsp3) is 0.429. The molecule has 0 aromatic heterocycles. The first-order chi connectivity index (χ1) is 9.61. The number of nitrogens with zero attached hydrogens (tertiary/aromatic N) is 2. The van der Waals surface area contributed by atoms with Crippen molar-refractivity contribution in [1.82, 2.24) is 9.80 Å². The van der Waals surface area contributed by atoms with Gasteiger partial charge in [0.25, 0.3) is 5.91 Å². The van der Waals surface area contributed by atoms with Gasteiger partial charge in [-0.2, -0.15) is 0 Å². The zero-order chi connectivity index (χ0) is 14.5. The van der Waals surface area contributed by atoms with Crippen molar-refractivity contribution in [3.05, 3.63) is 29.8 Å². The molecule has 1 aliphatic heterocycles. The molecule has 1 fully saturated rings. The average Bonchev–Trinajstić information content (AvgIpc) is 2.48. The summed E-state index contributed by atoms with van der Waals surface area (Å²) < 4.78 is 0. The number of carbonyl (C=O) groups excluding carboxylic acids is 2. The minimum Gasteiger partial charge on any atom is -0.508 e. The molecule has 116 valence electrons. The fourth-order valence-corrected chi connectivity index (χ4v) is 2.23. The number of amides is 2. The van der Waals surface area contributed by atoms with E-state index in [1.54, 1.807) is 21.9 Å². The largest absolute Gasteiger partial charge is 0.508 e. The van der Waals surface area contributed by atoms with Gasteiger partial charge < -0.3 is 20.6 Å². The van der Waals surface area contributed by atoms with Crippen LogP contribution in [0.15, 0.2) is 24.3 Å². The van der Waals surface area contributed by atoms with Crippen LogP contribution in [0, 0.1) is 0 Å². The number of rotatable bonds is 3. The molecule has 21 heavy (non-hydrogen) atoms. The summed E-state index contributed by atoms with van der Waals surface area (Å²) >= 11 is 0. The van der Waals surface area contributed by atoms with E-state index >= 15 is 0 Å². The maximum absolute atomic E-state index is 12.2. The summed E-state index contributed by atoms with van der Waals surface area (Å²) in [5, 5.41) is 9.22. The Hall–Kier alpha value is -1.79. The monoisotopic (exact) mass is 313 g/mol. The molecule has 1 aromatic carbocycles. The lowest BCUT2D eigenvalue weighted by Gasteiger charge is -2.34. The molecule has 1 heterocycles. The molecular weight excluding hydrogens is 294 g/mol. The van der Waals surface area contributed by atoms with E-state index in [1.165, 1.54) is 12.1 Å². The summed E-state index contributed by atoms with van der Waals surface area (Å²) in [6, 6.07) is 6.19. The van der Waals surface area contributed by atoms with Crippen LogP contribution in [0.2, 0.25) is 0 Å². The Morgan fingerprint density at radius 1 is 1.05 bits per heavy atom. The average molecular weight is 314 g/mol. The van der Waals surface area contributed by atoms with Crippen LogP contribution < -0.4 is 5.73 Å². The Bertz CT molecular complexity index is 485. The third kappa shape index (κ3) is 4.34. The van der Waals surface area contributed by atoms with Crippen LogP contribution in [0.25, 0.3) is 0 Å². The van der Waals surface area contributed by atoms with Gasteiger partial charge in [-0.15, -0.1) is 12.4 Å². The van der Waals surface area contributed by atoms with Gasteiger partial charge in [0.1, 0.15) is 5.75 Å². The smallest absolute Gasteiger partial charge is 0.253 e. The SMILES string of the molecule is Cl.NCCC(=O)N1CCN(C(=O)c2ccc(O)cc2)CC1. The summed E-state index contributed by atoms with van der Waals surface area (Å²) in [6.07, 6.45) is 0.353. The molecule has 2 amide bonds. The zero-order valence-electron chi connectivity index (χ0n) is 11.7. The van der Waals surface area contributed by atoms with Gasteiger partial charge in [-0.3, -0.25) is 9.59 Å². The van der Waals surface area contributed by atoms with Crippen LogP contribution in [-0.2, 0) is 4.79 Å². The lowest BCUT2D eigenvalue weighted by molar-refractivity contribution is -0.132.